The van der Waals surface area contributed by atoms with Crippen LogP contribution in [0.2, 0.25) is 5.02 Å². The third-order valence-corrected chi connectivity index (χ3v) is 5.19. The van der Waals surface area contributed by atoms with Crippen LogP contribution in [0.25, 0.3) is 5.83 Å². The van der Waals surface area contributed by atoms with Gasteiger partial charge in [-0.2, -0.15) is 0 Å². The van der Waals surface area contributed by atoms with Crippen molar-refractivity contribution in [1.82, 2.24) is 0 Å². The first-order valence-corrected chi connectivity index (χ1v) is 8.85. The monoisotopic (exact) mass is 361 g/mol. The van der Waals surface area contributed by atoms with E-state index in [1.807, 2.05) is 6.08 Å². The number of nitrogens with two attached hydrogens (primary N) is 1. The Kier molecular flexibility index (Phi) is 5.89. The summed E-state index contributed by atoms with van der Waals surface area (Å²) in [6, 6.07) is 4.37. The van der Waals surface area contributed by atoms with Crippen LogP contribution >= 0.6 is 11.6 Å². The predicted molar refractivity (Wildman–Crippen MR) is 103 cm³/mol. The fourth-order valence-corrected chi connectivity index (χ4v) is 3.61. The lowest BCUT2D eigenvalue weighted by Crippen LogP contribution is -2.19. The van der Waals surface area contributed by atoms with Crippen LogP contribution in [0.5, 0.6) is 0 Å². The first kappa shape index (κ1) is 19.5. The minimum atomic E-state index is -0.587. The smallest absolute Gasteiger partial charge is 0.248 e. The van der Waals surface area contributed by atoms with Gasteiger partial charge in [0.05, 0.1) is 5.02 Å². The normalized spacial score (nSPS) is 18.5. The molecule has 2 rings (SSSR count). The molecule has 0 radical (unpaired) electrons. The third-order valence-electron chi connectivity index (χ3n) is 4.88. The first-order chi connectivity index (χ1) is 11.6. The Bertz CT molecular complexity index is 787. The molecular formula is C21H25ClFNO. The van der Waals surface area contributed by atoms with Crippen LogP contribution in [-0.4, -0.2) is 5.91 Å². The molecule has 1 amide bonds. The maximum absolute atomic E-state index is 14.8. The molecule has 0 saturated carbocycles. The fourth-order valence-electron chi connectivity index (χ4n) is 3.35. The molecule has 0 fully saturated rings. The van der Waals surface area contributed by atoms with Crippen LogP contribution in [0.3, 0.4) is 0 Å². The Hall–Kier alpha value is -1.87. The summed E-state index contributed by atoms with van der Waals surface area (Å²) < 4.78 is 14.8. The SMILES string of the molecule is CC(C=CC1=C(C)CCCC1(C)C)=C(F)c1ccc(C(N)=O)cc1Cl. The van der Waals surface area contributed by atoms with Crippen molar-refractivity contribution in [3.8, 4) is 0 Å². The van der Waals surface area contributed by atoms with Gasteiger partial charge in [0.25, 0.3) is 0 Å². The second kappa shape index (κ2) is 7.57. The van der Waals surface area contributed by atoms with Crippen LogP contribution in [0.1, 0.15) is 62.9 Å². The highest BCUT2D eigenvalue weighted by Crippen LogP contribution is 2.41. The average molecular weight is 362 g/mol. The predicted octanol–water partition coefficient (Wildman–Crippen LogP) is 6.22. The lowest BCUT2D eigenvalue weighted by atomic mass is 9.72. The van der Waals surface area contributed by atoms with Crippen LogP contribution in [0.4, 0.5) is 4.39 Å². The lowest BCUT2D eigenvalue weighted by Gasteiger charge is -2.33. The maximum Gasteiger partial charge on any atom is 0.248 e. The zero-order chi connectivity index (χ0) is 18.8. The average Bonchev–Trinajstić information content (AvgIpc) is 2.52. The Morgan fingerprint density at radius 3 is 2.60 bits per heavy atom. The van der Waals surface area contributed by atoms with E-state index in [2.05, 4.69) is 20.8 Å². The van der Waals surface area contributed by atoms with Crippen molar-refractivity contribution in [3.05, 3.63) is 63.2 Å². The number of primary amides is 1. The molecule has 1 aromatic rings. The van der Waals surface area contributed by atoms with Gasteiger partial charge < -0.3 is 5.73 Å². The van der Waals surface area contributed by atoms with E-state index >= 15 is 0 Å². The van der Waals surface area contributed by atoms with Crippen molar-refractivity contribution in [1.29, 1.82) is 0 Å². The van der Waals surface area contributed by atoms with Crippen molar-refractivity contribution in [2.75, 3.05) is 0 Å². The third kappa shape index (κ3) is 4.40. The molecule has 0 aromatic heterocycles. The number of hydrogen-bond acceptors (Lipinski definition) is 1. The first-order valence-electron chi connectivity index (χ1n) is 8.48. The summed E-state index contributed by atoms with van der Waals surface area (Å²) in [5.41, 5.74) is 8.99. The van der Waals surface area contributed by atoms with Crippen LogP contribution in [0, 0.1) is 5.41 Å². The summed E-state index contributed by atoms with van der Waals surface area (Å²) in [4.78, 5) is 11.2. The quantitative estimate of drug-likeness (QED) is 0.635. The minimum Gasteiger partial charge on any atom is -0.366 e. The number of carbonyl (C=O) groups is 1. The Morgan fingerprint density at radius 2 is 2.04 bits per heavy atom. The van der Waals surface area contributed by atoms with Gasteiger partial charge in [0.1, 0.15) is 5.83 Å². The Labute approximate surface area is 154 Å². The number of hydrogen-bond donors (Lipinski definition) is 1. The van der Waals surface area contributed by atoms with Crippen molar-refractivity contribution < 1.29 is 9.18 Å². The summed E-state index contributed by atoms with van der Waals surface area (Å²) in [5, 5.41) is 0.176. The zero-order valence-electron chi connectivity index (χ0n) is 15.2. The van der Waals surface area contributed by atoms with Gasteiger partial charge in [0.2, 0.25) is 5.91 Å². The highest BCUT2D eigenvalue weighted by atomic mass is 35.5. The summed E-state index contributed by atoms with van der Waals surface area (Å²) in [6.07, 6.45) is 7.25. The van der Waals surface area contributed by atoms with E-state index in [0.717, 1.165) is 12.8 Å². The van der Waals surface area contributed by atoms with Crippen molar-refractivity contribution in [2.24, 2.45) is 11.1 Å². The number of halogens is 2. The Morgan fingerprint density at radius 1 is 1.36 bits per heavy atom. The molecule has 0 atom stereocenters. The summed E-state index contributed by atoms with van der Waals surface area (Å²) in [6.45, 7) is 8.32. The highest BCUT2D eigenvalue weighted by Gasteiger charge is 2.26. The largest absolute Gasteiger partial charge is 0.366 e. The molecule has 2 nitrogen and oxygen atoms in total. The molecule has 134 valence electrons. The number of carbonyl (C=O) groups excluding carboxylic acids is 1. The summed E-state index contributed by atoms with van der Waals surface area (Å²) in [5.74, 6) is -0.986. The van der Waals surface area contributed by atoms with E-state index in [-0.39, 0.29) is 21.6 Å². The fraction of sp³-hybridized carbons (Fsp3) is 0.381. The van der Waals surface area contributed by atoms with Crippen LogP contribution < -0.4 is 5.73 Å². The van der Waals surface area contributed by atoms with Gasteiger partial charge in [-0.3, -0.25) is 4.79 Å². The molecule has 0 heterocycles. The van der Waals surface area contributed by atoms with E-state index in [1.165, 1.54) is 35.8 Å². The summed E-state index contributed by atoms with van der Waals surface area (Å²) in [7, 11) is 0. The van der Waals surface area contributed by atoms with Gasteiger partial charge in [0, 0.05) is 11.1 Å². The molecule has 2 N–H and O–H groups in total. The van der Waals surface area contributed by atoms with Gasteiger partial charge in [0.15, 0.2) is 0 Å². The van der Waals surface area contributed by atoms with Gasteiger partial charge in [-0.1, -0.05) is 43.2 Å². The number of amides is 1. The zero-order valence-corrected chi connectivity index (χ0v) is 16.0. The standard InChI is InChI=1S/C21H25ClFNO/c1-13-6-5-11-21(3,4)17(13)10-7-14(2)19(23)16-9-8-15(20(24)25)12-18(16)22/h7-10,12H,5-6,11H2,1-4H3,(H2,24,25). The van der Waals surface area contributed by atoms with Gasteiger partial charge in [-0.15, -0.1) is 0 Å². The van der Waals surface area contributed by atoms with Crippen molar-refractivity contribution in [2.45, 2.75) is 47.0 Å². The molecule has 0 spiro atoms. The van der Waals surface area contributed by atoms with E-state index in [9.17, 15) is 9.18 Å². The molecule has 0 aliphatic heterocycles. The van der Waals surface area contributed by atoms with Crippen molar-refractivity contribution >= 4 is 23.3 Å². The second-order valence-electron chi connectivity index (χ2n) is 7.32. The number of rotatable bonds is 4. The topological polar surface area (TPSA) is 43.1 Å². The molecule has 0 bridgehead atoms. The molecule has 1 aliphatic carbocycles. The van der Waals surface area contributed by atoms with E-state index < -0.39 is 11.7 Å². The van der Waals surface area contributed by atoms with Gasteiger partial charge >= 0.3 is 0 Å². The van der Waals surface area contributed by atoms with Gasteiger partial charge in [-0.25, -0.2) is 4.39 Å². The molecular weight excluding hydrogens is 337 g/mol. The lowest BCUT2D eigenvalue weighted by molar-refractivity contribution is 0.100. The molecule has 0 saturated heterocycles. The number of allylic oxidation sites excluding steroid dienone is 5. The Balaban J connectivity index is 2.35. The van der Waals surface area contributed by atoms with Crippen LogP contribution in [-0.2, 0) is 0 Å². The van der Waals surface area contributed by atoms with Gasteiger partial charge in [-0.05, 0) is 67.9 Å². The minimum absolute atomic E-state index is 0.108. The molecule has 0 unspecified atom stereocenters. The summed E-state index contributed by atoms with van der Waals surface area (Å²) >= 11 is 6.11. The molecule has 25 heavy (non-hydrogen) atoms. The van der Waals surface area contributed by atoms with E-state index in [0.29, 0.717) is 5.57 Å². The van der Waals surface area contributed by atoms with Crippen molar-refractivity contribution in [3.63, 3.8) is 0 Å². The highest BCUT2D eigenvalue weighted by molar-refractivity contribution is 6.32. The van der Waals surface area contributed by atoms with E-state index in [1.54, 1.807) is 13.0 Å². The molecule has 4 heteroatoms. The second-order valence-corrected chi connectivity index (χ2v) is 7.73. The maximum atomic E-state index is 14.8. The number of benzene rings is 1. The molecule has 1 aliphatic rings. The molecule has 1 aromatic carbocycles. The van der Waals surface area contributed by atoms with Crippen LogP contribution in [0.15, 0.2) is 47.1 Å². The van der Waals surface area contributed by atoms with E-state index in [4.69, 9.17) is 17.3 Å².